The fourth-order valence-electron chi connectivity index (χ4n) is 1.17. The lowest BCUT2D eigenvalue weighted by atomic mass is 10.2. The summed E-state index contributed by atoms with van der Waals surface area (Å²) >= 11 is 0. The summed E-state index contributed by atoms with van der Waals surface area (Å²) in [5.74, 6) is 4.25. The molecule has 0 aliphatic rings. The first-order chi connectivity index (χ1) is 6.63. The Balaban J connectivity index is 2.70. The molecule has 0 aliphatic heterocycles. The normalized spacial score (nSPS) is 10.9. The van der Waals surface area contributed by atoms with Gasteiger partial charge in [0.05, 0.1) is 6.67 Å². The highest BCUT2D eigenvalue weighted by atomic mass is 19.1. The minimum Gasteiger partial charge on any atom is -0.288 e. The molecule has 0 saturated carbocycles. The van der Waals surface area contributed by atoms with Crippen molar-refractivity contribution < 1.29 is 8.78 Å². The van der Waals surface area contributed by atoms with Gasteiger partial charge in [-0.15, -0.1) is 0 Å². The molecule has 0 saturated heterocycles. The van der Waals surface area contributed by atoms with Crippen molar-refractivity contribution in [2.75, 3.05) is 13.7 Å². The zero-order chi connectivity index (χ0) is 10.6. The second-order valence-electron chi connectivity index (χ2n) is 3.11. The van der Waals surface area contributed by atoms with Crippen LogP contribution in [0.1, 0.15) is 5.56 Å². The highest BCUT2D eigenvalue weighted by Crippen LogP contribution is 2.11. The first kappa shape index (κ1) is 11.0. The average molecular weight is 201 g/mol. The van der Waals surface area contributed by atoms with Crippen molar-refractivity contribution in [2.45, 2.75) is 6.54 Å². The molecule has 0 aromatic heterocycles. The Morgan fingerprint density at radius 1 is 1.43 bits per heavy atom. The molecular weight excluding hydrogens is 188 g/mol. The van der Waals surface area contributed by atoms with E-state index in [0.29, 0.717) is 18.8 Å². The number of nitrogens with two attached hydrogens (primary N) is 1. The van der Waals surface area contributed by atoms with Gasteiger partial charge in [-0.2, -0.15) is 0 Å². The van der Waals surface area contributed by atoms with E-state index in [9.17, 15) is 8.78 Å². The maximum Gasteiger partial charge on any atom is 0.127 e. The number of halogens is 2. The maximum absolute atomic E-state index is 13.1. The molecule has 5 heteroatoms. The molecule has 14 heavy (non-hydrogen) atoms. The Kier molecular flexibility index (Phi) is 3.94. The van der Waals surface area contributed by atoms with Crippen LogP contribution in [-0.2, 0) is 6.54 Å². The molecule has 0 unspecified atom stereocenters. The smallest absolute Gasteiger partial charge is 0.127 e. The number of nitrogens with one attached hydrogen (secondary N) is 1. The Hall–Kier alpha value is -1.04. The molecule has 0 spiro atoms. The molecule has 0 atom stereocenters. The first-order valence-electron chi connectivity index (χ1n) is 4.19. The Morgan fingerprint density at radius 2 is 2.14 bits per heavy atom. The summed E-state index contributed by atoms with van der Waals surface area (Å²) < 4.78 is 25.9. The Bertz CT molecular complexity index is 304. The third kappa shape index (κ3) is 3.02. The number of rotatable bonds is 4. The fraction of sp³-hybridized carbons (Fsp3) is 0.333. The Labute approximate surface area is 81.5 Å². The molecular formula is C9H13F2N3. The Morgan fingerprint density at radius 3 is 2.79 bits per heavy atom. The molecule has 3 nitrogen and oxygen atoms in total. The van der Waals surface area contributed by atoms with E-state index in [4.69, 9.17) is 5.84 Å². The van der Waals surface area contributed by atoms with Gasteiger partial charge in [-0.1, -0.05) is 0 Å². The van der Waals surface area contributed by atoms with Crippen molar-refractivity contribution in [3.05, 3.63) is 35.4 Å². The van der Waals surface area contributed by atoms with E-state index in [-0.39, 0.29) is 0 Å². The molecule has 3 N–H and O–H groups in total. The number of benzene rings is 1. The minimum absolute atomic E-state index is 0.313. The van der Waals surface area contributed by atoms with Gasteiger partial charge in [-0.3, -0.25) is 10.7 Å². The van der Waals surface area contributed by atoms with E-state index < -0.39 is 11.6 Å². The summed E-state index contributed by atoms with van der Waals surface area (Å²) in [6.07, 6.45) is 0. The van der Waals surface area contributed by atoms with Crippen LogP contribution in [0.2, 0.25) is 0 Å². The lowest BCUT2D eigenvalue weighted by molar-refractivity contribution is 0.296. The third-order valence-electron chi connectivity index (χ3n) is 1.81. The van der Waals surface area contributed by atoms with Crippen molar-refractivity contribution in [2.24, 2.45) is 5.84 Å². The lowest BCUT2D eigenvalue weighted by Crippen LogP contribution is -2.35. The maximum atomic E-state index is 13.1. The van der Waals surface area contributed by atoms with Gasteiger partial charge in [0, 0.05) is 12.1 Å². The van der Waals surface area contributed by atoms with Gasteiger partial charge in [-0.05, 0) is 25.2 Å². The monoisotopic (exact) mass is 201 g/mol. The third-order valence-corrected chi connectivity index (χ3v) is 1.81. The van der Waals surface area contributed by atoms with Crippen molar-refractivity contribution in [3.63, 3.8) is 0 Å². The van der Waals surface area contributed by atoms with E-state index in [2.05, 4.69) is 5.43 Å². The van der Waals surface area contributed by atoms with Crippen LogP contribution in [-0.4, -0.2) is 18.6 Å². The predicted octanol–water partition coefficient (Wildman–Crippen LogP) is 0.817. The van der Waals surface area contributed by atoms with Crippen LogP contribution >= 0.6 is 0 Å². The molecule has 0 amide bonds. The van der Waals surface area contributed by atoms with Crippen LogP contribution in [0.15, 0.2) is 18.2 Å². The predicted molar refractivity (Wildman–Crippen MR) is 50.0 cm³/mol. The highest BCUT2D eigenvalue weighted by Gasteiger charge is 2.06. The van der Waals surface area contributed by atoms with Crippen LogP contribution in [0.5, 0.6) is 0 Å². The highest BCUT2D eigenvalue weighted by molar-refractivity contribution is 5.18. The van der Waals surface area contributed by atoms with Gasteiger partial charge >= 0.3 is 0 Å². The summed E-state index contributed by atoms with van der Waals surface area (Å²) in [6, 6.07) is 3.40. The number of hydrazine groups is 1. The number of hydrogen-bond donors (Lipinski definition) is 2. The largest absolute Gasteiger partial charge is 0.288 e. The zero-order valence-electron chi connectivity index (χ0n) is 7.93. The van der Waals surface area contributed by atoms with Crippen LogP contribution < -0.4 is 11.3 Å². The number of hydrogen-bond acceptors (Lipinski definition) is 3. The van der Waals surface area contributed by atoms with Gasteiger partial charge in [0.2, 0.25) is 0 Å². The van der Waals surface area contributed by atoms with Crippen molar-refractivity contribution in [3.8, 4) is 0 Å². The van der Waals surface area contributed by atoms with Gasteiger partial charge in [0.1, 0.15) is 11.6 Å². The van der Waals surface area contributed by atoms with Crippen molar-refractivity contribution >= 4 is 0 Å². The van der Waals surface area contributed by atoms with E-state index in [1.54, 1.807) is 11.9 Å². The summed E-state index contributed by atoms with van der Waals surface area (Å²) in [6.45, 7) is 0.726. The average Bonchev–Trinajstić information content (AvgIpc) is 2.12. The standard InChI is InChI=1S/C9H13F2N3/c1-14(6-13-12)5-7-4-8(10)2-3-9(7)11/h2-4,13H,5-6,12H2,1H3. The van der Waals surface area contributed by atoms with Gasteiger partial charge in [0.15, 0.2) is 0 Å². The second-order valence-corrected chi connectivity index (χ2v) is 3.11. The van der Waals surface area contributed by atoms with E-state index in [1.807, 2.05) is 0 Å². The van der Waals surface area contributed by atoms with Crippen LogP contribution in [0.25, 0.3) is 0 Å². The molecule has 0 bridgehead atoms. The molecule has 78 valence electrons. The first-order valence-corrected chi connectivity index (χ1v) is 4.19. The van der Waals surface area contributed by atoms with Gasteiger partial charge < -0.3 is 0 Å². The molecule has 0 aliphatic carbocycles. The minimum atomic E-state index is -0.435. The van der Waals surface area contributed by atoms with Crippen LogP contribution in [0.3, 0.4) is 0 Å². The van der Waals surface area contributed by atoms with Crippen molar-refractivity contribution in [1.82, 2.24) is 10.3 Å². The molecule has 1 aromatic rings. The summed E-state index contributed by atoms with van der Waals surface area (Å²) in [5, 5.41) is 0. The topological polar surface area (TPSA) is 41.3 Å². The summed E-state index contributed by atoms with van der Waals surface area (Å²) in [7, 11) is 1.75. The van der Waals surface area contributed by atoms with Gasteiger partial charge in [0.25, 0.3) is 0 Å². The second kappa shape index (κ2) is 4.99. The summed E-state index contributed by atoms with van der Waals surface area (Å²) in [5.41, 5.74) is 2.75. The fourth-order valence-corrected chi connectivity index (χ4v) is 1.17. The van der Waals surface area contributed by atoms with Crippen LogP contribution in [0.4, 0.5) is 8.78 Å². The zero-order valence-corrected chi connectivity index (χ0v) is 7.93. The SMILES string of the molecule is CN(CNN)Cc1cc(F)ccc1F. The summed E-state index contributed by atoms with van der Waals surface area (Å²) in [4.78, 5) is 1.73. The van der Waals surface area contributed by atoms with Crippen molar-refractivity contribution in [1.29, 1.82) is 0 Å². The molecule has 1 rings (SSSR count). The van der Waals surface area contributed by atoms with E-state index in [1.165, 1.54) is 6.07 Å². The van der Waals surface area contributed by atoms with E-state index in [0.717, 1.165) is 12.1 Å². The molecule has 0 radical (unpaired) electrons. The lowest BCUT2D eigenvalue weighted by Gasteiger charge is -2.15. The van der Waals surface area contributed by atoms with Gasteiger partial charge in [-0.25, -0.2) is 14.2 Å². The molecule has 1 aromatic carbocycles. The van der Waals surface area contributed by atoms with E-state index >= 15 is 0 Å². The molecule has 0 fully saturated rings. The quantitative estimate of drug-likeness (QED) is 0.430. The molecule has 0 heterocycles. The number of nitrogens with zero attached hydrogens (tertiary/aromatic N) is 1. The van der Waals surface area contributed by atoms with Crippen LogP contribution in [0, 0.1) is 11.6 Å².